The van der Waals surface area contributed by atoms with Crippen LogP contribution in [-0.2, 0) is 25.7 Å². The summed E-state index contributed by atoms with van der Waals surface area (Å²) >= 11 is 7.80. The van der Waals surface area contributed by atoms with Crippen LogP contribution < -0.4 is 15.5 Å². The van der Waals surface area contributed by atoms with Crippen LogP contribution in [0.1, 0.15) is 100 Å². The number of thiazole rings is 1. The van der Waals surface area contributed by atoms with Crippen molar-refractivity contribution in [2.24, 2.45) is 11.3 Å². The Labute approximate surface area is 414 Å². The molecule has 0 bridgehead atoms. The van der Waals surface area contributed by atoms with Crippen LogP contribution in [0.25, 0.3) is 21.7 Å². The number of amides is 3. The van der Waals surface area contributed by atoms with Crippen LogP contribution in [0.4, 0.5) is 5.69 Å². The van der Waals surface area contributed by atoms with Gasteiger partial charge in [-0.15, -0.1) is 11.3 Å². The van der Waals surface area contributed by atoms with E-state index in [2.05, 4.69) is 31.7 Å². The second-order valence-electron chi connectivity index (χ2n) is 19.7. The van der Waals surface area contributed by atoms with E-state index in [0.29, 0.717) is 22.7 Å². The third-order valence-corrected chi connectivity index (χ3v) is 14.7. The molecule has 6 atom stereocenters. The maximum absolute atomic E-state index is 14.2. The van der Waals surface area contributed by atoms with Gasteiger partial charge in [-0.2, -0.15) is 10.4 Å². The second kappa shape index (κ2) is 22.2. The van der Waals surface area contributed by atoms with Crippen LogP contribution in [0.3, 0.4) is 0 Å². The number of aliphatic hydroxyl groups is 1. The largest absolute Gasteiger partial charge is 0.391 e. The topological polar surface area (TPSA) is 183 Å². The molecule has 7 rings (SSSR count). The van der Waals surface area contributed by atoms with Gasteiger partial charge in [0.2, 0.25) is 11.8 Å². The predicted molar refractivity (Wildman–Crippen MR) is 269 cm³/mol. The Kier molecular flexibility index (Phi) is 16.4. The SMILES string of the molecule is Cc1ncsc1-c1ccc([C@H](C)CC(=O)C2C[C@@H](O)CN2C(=O)[C@@H](NC(=O)COC(C)C2CCN(c3ccc(C(=O)N[C@@H](C)Cn4ccc(-c5ccc(C#N)c(Cl)c5)n4)cc3)CC2)C(C)(C)C)cc1. The normalized spacial score (nSPS) is 18.3. The molecular formula is C53H63ClN8O6S. The van der Waals surface area contributed by atoms with Crippen LogP contribution in [-0.4, -0.2) is 105 Å². The zero-order valence-corrected chi connectivity index (χ0v) is 42.0. The molecule has 69 heavy (non-hydrogen) atoms. The standard InChI is InChI=1S/C53H63ClN8O6S/c1-32(36-8-10-38(11-9-36)49-34(3)56-31-69-49)24-47(64)46-26-43(63)29-62(46)52(67)50(53(5,6)7)58-48(65)30-68-35(4)37-18-21-60(22-19-37)42-16-14-39(15-17-42)51(66)57-33(2)28-61-23-20-45(59-61)40-12-13-41(27-55)44(54)25-40/h8-17,20,23,25,31-33,35,37,43,46,50,63H,18-19,21-22,24,26,28-30H2,1-7H3,(H,57,66)(H,58,65)/t32-,33+,35?,43-,46?,50-/m1/s1. The second-order valence-corrected chi connectivity index (χ2v) is 21.0. The number of ketones is 1. The number of halogens is 1. The van der Waals surface area contributed by atoms with Gasteiger partial charge in [-0.3, -0.25) is 23.9 Å². The number of Topliss-reactive ketones (excluding diaryl/α,β-unsaturated/α-hetero) is 1. The Hall–Kier alpha value is -5.92. The van der Waals surface area contributed by atoms with Crippen molar-refractivity contribution < 1.29 is 29.0 Å². The summed E-state index contributed by atoms with van der Waals surface area (Å²) in [6, 6.07) is 23.0. The molecule has 2 aliphatic heterocycles. The fraction of sp³-hybridized carbons (Fsp3) is 0.453. The fourth-order valence-electron chi connectivity index (χ4n) is 9.29. The van der Waals surface area contributed by atoms with Crippen LogP contribution in [0.2, 0.25) is 5.02 Å². The molecule has 2 aliphatic rings. The summed E-state index contributed by atoms with van der Waals surface area (Å²) in [7, 11) is 0. The lowest BCUT2D eigenvalue weighted by molar-refractivity contribution is -0.144. The molecule has 16 heteroatoms. The average Bonchev–Trinajstić information content (AvgIpc) is 4.09. The molecule has 3 N–H and O–H groups in total. The van der Waals surface area contributed by atoms with E-state index in [1.165, 1.54) is 4.90 Å². The number of benzene rings is 3. The highest BCUT2D eigenvalue weighted by atomic mass is 35.5. The van der Waals surface area contributed by atoms with Crippen molar-refractivity contribution >= 4 is 52.1 Å². The van der Waals surface area contributed by atoms with E-state index in [1.807, 2.05) is 121 Å². The minimum atomic E-state index is -0.938. The van der Waals surface area contributed by atoms with Gasteiger partial charge in [0, 0.05) is 61.5 Å². The summed E-state index contributed by atoms with van der Waals surface area (Å²) in [4.78, 5) is 63.9. The summed E-state index contributed by atoms with van der Waals surface area (Å²) in [6.45, 7) is 15.3. The van der Waals surface area contributed by atoms with Crippen LogP contribution in [0.5, 0.6) is 0 Å². The Bertz CT molecular complexity index is 2650. The number of nitrogens with one attached hydrogen (secondary N) is 2. The number of aromatic nitrogens is 3. The summed E-state index contributed by atoms with van der Waals surface area (Å²) < 4.78 is 7.89. The van der Waals surface area contributed by atoms with Gasteiger partial charge in [-0.05, 0) is 104 Å². The van der Waals surface area contributed by atoms with Crippen molar-refractivity contribution in [3.8, 4) is 27.8 Å². The molecule has 2 aromatic heterocycles. The first-order valence-electron chi connectivity index (χ1n) is 23.7. The molecule has 0 spiro atoms. The van der Waals surface area contributed by atoms with E-state index in [9.17, 15) is 24.3 Å². The Morgan fingerprint density at radius 2 is 1.67 bits per heavy atom. The number of likely N-dealkylation sites (tertiary alicyclic amines) is 1. The number of carbonyl (C=O) groups excluding carboxylic acids is 4. The minimum Gasteiger partial charge on any atom is -0.391 e. The minimum absolute atomic E-state index is 0.0233. The number of hydrogen-bond acceptors (Lipinski definition) is 11. The number of rotatable bonds is 17. The number of hydrogen-bond donors (Lipinski definition) is 3. The fourth-order valence-corrected chi connectivity index (χ4v) is 10.3. The number of piperidine rings is 1. The summed E-state index contributed by atoms with van der Waals surface area (Å²) in [5.74, 6) is -0.984. The molecule has 14 nitrogen and oxygen atoms in total. The molecule has 0 radical (unpaired) electrons. The van der Waals surface area contributed by atoms with Crippen LogP contribution in [0, 0.1) is 29.6 Å². The Balaban J connectivity index is 0.849. The van der Waals surface area contributed by atoms with Gasteiger partial charge in [0.25, 0.3) is 5.91 Å². The number of ether oxygens (including phenoxy) is 1. The van der Waals surface area contributed by atoms with Crippen LogP contribution in [0.15, 0.2) is 84.5 Å². The van der Waals surface area contributed by atoms with Crippen LogP contribution >= 0.6 is 22.9 Å². The van der Waals surface area contributed by atoms with Crippen molar-refractivity contribution in [3.63, 3.8) is 0 Å². The van der Waals surface area contributed by atoms with E-state index in [-0.39, 0.29) is 67.6 Å². The number of aryl methyl sites for hydroxylation is 1. The molecule has 2 unspecified atom stereocenters. The van der Waals surface area contributed by atoms with Crippen molar-refractivity contribution in [2.45, 2.75) is 117 Å². The van der Waals surface area contributed by atoms with Crippen molar-refractivity contribution in [2.75, 3.05) is 31.1 Å². The Morgan fingerprint density at radius 1 is 0.971 bits per heavy atom. The maximum Gasteiger partial charge on any atom is 0.251 e. The first-order valence-corrected chi connectivity index (χ1v) is 25.0. The smallest absolute Gasteiger partial charge is 0.251 e. The maximum atomic E-state index is 14.2. The van der Waals surface area contributed by atoms with Gasteiger partial charge in [-0.1, -0.05) is 69.6 Å². The summed E-state index contributed by atoms with van der Waals surface area (Å²) in [5.41, 5.74) is 7.72. The van der Waals surface area contributed by atoms with Crippen molar-refractivity contribution in [1.29, 1.82) is 5.26 Å². The average molecular weight is 976 g/mol. The van der Waals surface area contributed by atoms with Gasteiger partial charge < -0.3 is 30.3 Å². The van der Waals surface area contributed by atoms with Gasteiger partial charge in [0.05, 0.1) is 57.2 Å². The van der Waals surface area contributed by atoms with E-state index in [0.717, 1.165) is 64.6 Å². The number of carbonyl (C=O) groups is 4. The molecule has 364 valence electrons. The van der Waals surface area contributed by atoms with Crippen molar-refractivity contribution in [1.82, 2.24) is 30.3 Å². The van der Waals surface area contributed by atoms with Gasteiger partial charge in [0.15, 0.2) is 5.78 Å². The highest BCUT2D eigenvalue weighted by Gasteiger charge is 2.44. The van der Waals surface area contributed by atoms with Gasteiger partial charge in [-0.25, -0.2) is 4.98 Å². The predicted octanol–water partition coefficient (Wildman–Crippen LogP) is 8.20. The lowest BCUT2D eigenvalue weighted by atomic mass is 9.85. The Morgan fingerprint density at radius 3 is 2.30 bits per heavy atom. The molecule has 0 aliphatic carbocycles. The number of nitriles is 1. The third kappa shape index (κ3) is 12.7. The molecule has 5 aromatic rings. The zero-order valence-electron chi connectivity index (χ0n) is 40.4. The summed E-state index contributed by atoms with van der Waals surface area (Å²) in [6.07, 6.45) is 2.86. The molecular weight excluding hydrogens is 912 g/mol. The lowest BCUT2D eigenvalue weighted by Gasteiger charge is -2.37. The van der Waals surface area contributed by atoms with E-state index in [4.69, 9.17) is 21.6 Å². The van der Waals surface area contributed by atoms with Crippen molar-refractivity contribution in [3.05, 3.63) is 112 Å². The molecule has 3 aromatic carbocycles. The summed E-state index contributed by atoms with van der Waals surface area (Å²) in [5, 5.41) is 30.9. The third-order valence-electron chi connectivity index (χ3n) is 13.4. The van der Waals surface area contributed by atoms with E-state index in [1.54, 1.807) is 28.2 Å². The molecule has 2 saturated heterocycles. The molecule has 3 amide bonds. The van der Waals surface area contributed by atoms with E-state index >= 15 is 0 Å². The molecule has 0 saturated carbocycles. The first kappa shape index (κ1) is 50.9. The zero-order chi connectivity index (χ0) is 49.6. The van der Waals surface area contributed by atoms with Gasteiger partial charge >= 0.3 is 0 Å². The number of anilines is 1. The number of β-amino-alcohol motifs (C(OH)–C–C–N with tert-alkyl or cyclic N) is 1. The highest BCUT2D eigenvalue weighted by molar-refractivity contribution is 7.13. The monoisotopic (exact) mass is 974 g/mol. The highest BCUT2D eigenvalue weighted by Crippen LogP contribution is 2.33. The van der Waals surface area contributed by atoms with E-state index < -0.39 is 29.5 Å². The first-order chi connectivity index (χ1) is 32.9. The molecule has 2 fully saturated rings. The quantitative estimate of drug-likeness (QED) is 0.0822. The number of aliphatic hydroxyl groups excluding tert-OH is 1. The lowest BCUT2D eigenvalue weighted by Crippen LogP contribution is -2.57. The molecule has 4 heterocycles. The van der Waals surface area contributed by atoms with Gasteiger partial charge in [0.1, 0.15) is 18.7 Å². The number of nitrogens with zero attached hydrogens (tertiary/aromatic N) is 6.